The van der Waals surface area contributed by atoms with E-state index in [4.69, 9.17) is 0 Å². The third-order valence-electron chi connectivity index (χ3n) is 3.32. The van der Waals surface area contributed by atoms with Gasteiger partial charge in [-0.2, -0.15) is 0 Å². The molecule has 3 rings (SSSR count). The van der Waals surface area contributed by atoms with Gasteiger partial charge in [0.15, 0.2) is 5.17 Å². The molecule has 0 aromatic heterocycles. The first kappa shape index (κ1) is 15.3. The summed E-state index contributed by atoms with van der Waals surface area (Å²) in [6, 6.07) is 19.6. The zero-order chi connectivity index (χ0) is 16.1. The van der Waals surface area contributed by atoms with Crippen molar-refractivity contribution in [2.45, 2.75) is 0 Å². The lowest BCUT2D eigenvalue weighted by Gasteiger charge is -2.06. The summed E-state index contributed by atoms with van der Waals surface area (Å²) in [5.41, 5.74) is 1.95. The molecule has 0 aliphatic carbocycles. The minimum absolute atomic E-state index is 0.0256. The predicted molar refractivity (Wildman–Crippen MR) is 97.5 cm³/mol. The van der Waals surface area contributed by atoms with Gasteiger partial charge < -0.3 is 0 Å². The number of allylic oxidation sites excluding steroid dienone is 2. The minimum Gasteiger partial charge on any atom is -0.290 e. The van der Waals surface area contributed by atoms with Crippen LogP contribution in [-0.4, -0.2) is 23.0 Å². The van der Waals surface area contributed by atoms with Crippen LogP contribution in [0.4, 0.5) is 5.69 Å². The van der Waals surface area contributed by atoms with Crippen LogP contribution in [-0.2, 0) is 4.79 Å². The molecule has 0 spiro atoms. The molecule has 4 heteroatoms. The van der Waals surface area contributed by atoms with Crippen LogP contribution >= 0.6 is 11.8 Å². The highest BCUT2D eigenvalue weighted by atomic mass is 32.2. The largest absolute Gasteiger partial charge is 0.290 e. The highest BCUT2D eigenvalue weighted by Gasteiger charge is 2.29. The van der Waals surface area contributed by atoms with Gasteiger partial charge in [0.05, 0.1) is 10.6 Å². The number of para-hydroxylation sites is 1. The maximum atomic E-state index is 12.3. The Morgan fingerprint density at radius 3 is 2.35 bits per heavy atom. The first-order valence-corrected chi connectivity index (χ1v) is 8.09. The van der Waals surface area contributed by atoms with Gasteiger partial charge in [0.2, 0.25) is 0 Å². The molecule has 0 atom stereocenters. The number of carbonyl (C=O) groups is 1. The van der Waals surface area contributed by atoms with Crippen molar-refractivity contribution in [1.29, 1.82) is 0 Å². The second kappa shape index (κ2) is 7.11. The van der Waals surface area contributed by atoms with Crippen molar-refractivity contribution in [2.75, 3.05) is 7.05 Å². The Bertz CT molecular complexity index is 780. The van der Waals surface area contributed by atoms with E-state index < -0.39 is 0 Å². The fourth-order valence-corrected chi connectivity index (χ4v) is 3.03. The molecule has 1 aliphatic rings. The molecule has 0 unspecified atom stereocenters. The number of amidine groups is 1. The molecule has 2 aromatic rings. The van der Waals surface area contributed by atoms with Crippen LogP contribution < -0.4 is 0 Å². The van der Waals surface area contributed by atoms with Gasteiger partial charge in [-0.1, -0.05) is 60.7 Å². The first-order valence-electron chi connectivity index (χ1n) is 7.27. The van der Waals surface area contributed by atoms with Crippen molar-refractivity contribution in [3.63, 3.8) is 0 Å². The van der Waals surface area contributed by atoms with Crippen LogP contribution in [0, 0.1) is 0 Å². The number of likely N-dealkylation sites (N-methyl/N-ethyl adjacent to an activating group) is 1. The van der Waals surface area contributed by atoms with Crippen molar-refractivity contribution in [1.82, 2.24) is 4.90 Å². The normalized spacial score (nSPS) is 18.5. The van der Waals surface area contributed by atoms with Gasteiger partial charge in [-0.05, 0) is 35.5 Å². The number of aliphatic imine (C=N–C) groups is 1. The average molecular weight is 320 g/mol. The SMILES string of the molecule is CN1C(=O)/C(=C/C=C/c2ccccc2)SC1=Nc1ccccc1. The summed E-state index contributed by atoms with van der Waals surface area (Å²) >= 11 is 1.39. The number of nitrogens with zero attached hydrogens (tertiary/aromatic N) is 2. The molecule has 1 amide bonds. The Hall–Kier alpha value is -2.59. The molecule has 0 radical (unpaired) electrons. The predicted octanol–water partition coefficient (Wildman–Crippen LogP) is 4.48. The van der Waals surface area contributed by atoms with E-state index in [2.05, 4.69) is 4.99 Å². The van der Waals surface area contributed by atoms with Crippen LogP contribution in [0.2, 0.25) is 0 Å². The Morgan fingerprint density at radius 1 is 1.00 bits per heavy atom. The van der Waals surface area contributed by atoms with Gasteiger partial charge in [-0.15, -0.1) is 0 Å². The lowest BCUT2D eigenvalue weighted by atomic mass is 10.2. The van der Waals surface area contributed by atoms with Gasteiger partial charge in [-0.25, -0.2) is 4.99 Å². The monoisotopic (exact) mass is 320 g/mol. The zero-order valence-electron chi connectivity index (χ0n) is 12.7. The van der Waals surface area contributed by atoms with Crippen molar-refractivity contribution in [3.05, 3.63) is 83.3 Å². The lowest BCUT2D eigenvalue weighted by molar-refractivity contribution is -0.121. The molecule has 1 heterocycles. The molecule has 114 valence electrons. The van der Waals surface area contributed by atoms with E-state index in [0.29, 0.717) is 10.1 Å². The Balaban J connectivity index is 1.77. The van der Waals surface area contributed by atoms with E-state index in [1.165, 1.54) is 11.8 Å². The Labute approximate surface area is 140 Å². The second-order valence-electron chi connectivity index (χ2n) is 5.00. The maximum Gasteiger partial charge on any atom is 0.266 e. The molecular formula is C19H16N2OS. The number of hydrogen-bond acceptors (Lipinski definition) is 3. The lowest BCUT2D eigenvalue weighted by Crippen LogP contribution is -2.23. The van der Waals surface area contributed by atoms with Gasteiger partial charge in [0.25, 0.3) is 5.91 Å². The first-order chi connectivity index (χ1) is 11.2. The topological polar surface area (TPSA) is 32.7 Å². The van der Waals surface area contributed by atoms with Crippen molar-refractivity contribution in [2.24, 2.45) is 4.99 Å². The van der Waals surface area contributed by atoms with Gasteiger partial charge in [0, 0.05) is 7.05 Å². The highest BCUT2D eigenvalue weighted by molar-refractivity contribution is 8.18. The number of benzene rings is 2. The number of carbonyl (C=O) groups excluding carboxylic acids is 1. The van der Waals surface area contributed by atoms with Crippen molar-refractivity contribution in [3.8, 4) is 0 Å². The van der Waals surface area contributed by atoms with Crippen molar-refractivity contribution >= 4 is 34.6 Å². The molecule has 0 saturated carbocycles. The van der Waals surface area contributed by atoms with Crippen LogP contribution in [0.3, 0.4) is 0 Å². The quantitative estimate of drug-likeness (QED) is 0.781. The number of hydrogen-bond donors (Lipinski definition) is 0. The summed E-state index contributed by atoms with van der Waals surface area (Å²) in [5, 5.41) is 0.695. The van der Waals surface area contributed by atoms with Gasteiger partial charge >= 0.3 is 0 Å². The van der Waals surface area contributed by atoms with Crippen LogP contribution in [0.25, 0.3) is 6.08 Å². The average Bonchev–Trinajstić information content (AvgIpc) is 2.85. The molecule has 0 bridgehead atoms. The number of thioether (sulfide) groups is 1. The van der Waals surface area contributed by atoms with Gasteiger partial charge in [0.1, 0.15) is 0 Å². The number of amides is 1. The summed E-state index contributed by atoms with van der Waals surface area (Å²) in [6.07, 6.45) is 5.71. The Kier molecular flexibility index (Phi) is 4.74. The van der Waals surface area contributed by atoms with E-state index in [-0.39, 0.29) is 5.91 Å². The highest BCUT2D eigenvalue weighted by Crippen LogP contribution is 2.31. The molecule has 23 heavy (non-hydrogen) atoms. The fraction of sp³-hybridized carbons (Fsp3) is 0.0526. The van der Waals surface area contributed by atoms with E-state index in [1.54, 1.807) is 11.9 Å². The third-order valence-corrected chi connectivity index (χ3v) is 4.40. The molecule has 3 nitrogen and oxygen atoms in total. The van der Waals surface area contributed by atoms with Crippen LogP contribution in [0.5, 0.6) is 0 Å². The molecule has 1 fully saturated rings. The summed E-state index contributed by atoms with van der Waals surface area (Å²) in [7, 11) is 1.75. The maximum absolute atomic E-state index is 12.3. The van der Waals surface area contributed by atoms with E-state index >= 15 is 0 Å². The molecular weight excluding hydrogens is 304 g/mol. The molecule has 1 saturated heterocycles. The van der Waals surface area contributed by atoms with Crippen molar-refractivity contribution < 1.29 is 4.79 Å². The van der Waals surface area contributed by atoms with Gasteiger partial charge in [-0.3, -0.25) is 9.69 Å². The summed E-state index contributed by atoms with van der Waals surface area (Å²) < 4.78 is 0. The van der Waals surface area contributed by atoms with E-state index in [0.717, 1.165) is 11.3 Å². The summed E-state index contributed by atoms with van der Waals surface area (Å²) in [6.45, 7) is 0. The number of rotatable bonds is 3. The molecule has 2 aromatic carbocycles. The minimum atomic E-state index is -0.0256. The van der Waals surface area contributed by atoms with Crippen LogP contribution in [0.1, 0.15) is 5.56 Å². The summed E-state index contributed by atoms with van der Waals surface area (Å²) in [5.74, 6) is -0.0256. The zero-order valence-corrected chi connectivity index (χ0v) is 13.5. The smallest absolute Gasteiger partial charge is 0.266 e. The van der Waals surface area contributed by atoms with Crippen LogP contribution in [0.15, 0.2) is 82.7 Å². The van der Waals surface area contributed by atoms with E-state index in [9.17, 15) is 4.79 Å². The molecule has 1 aliphatic heterocycles. The van der Waals surface area contributed by atoms with E-state index in [1.807, 2.05) is 78.9 Å². The second-order valence-corrected chi connectivity index (χ2v) is 6.01. The molecule has 0 N–H and O–H groups in total. The fourth-order valence-electron chi connectivity index (χ4n) is 2.09. The Morgan fingerprint density at radius 2 is 1.65 bits per heavy atom. The standard InChI is InChI=1S/C19H16N2OS/c1-21-18(22)17(14-8-11-15-9-4-2-5-10-15)23-19(21)20-16-12-6-3-7-13-16/h2-14H,1H3/b11-8+,17-14-,20-19?. The summed E-state index contributed by atoms with van der Waals surface area (Å²) in [4.78, 5) is 19.1. The third kappa shape index (κ3) is 3.79.